The molecule has 0 aromatic rings. The van der Waals surface area contributed by atoms with Crippen molar-refractivity contribution in [2.75, 3.05) is 72.7 Å². The average molecular weight is 1970 g/mol. The maximum absolute atomic E-state index is 13.1. The second-order valence-corrected chi connectivity index (χ2v) is 35.7. The van der Waals surface area contributed by atoms with Crippen LogP contribution in [0.1, 0.15) is 47.5 Å². The first-order chi connectivity index (χ1) is 63.2. The van der Waals surface area contributed by atoms with Crippen molar-refractivity contribution in [1.29, 1.82) is 0 Å². The van der Waals surface area contributed by atoms with Gasteiger partial charge in [0.05, 0.1) is 127 Å². The van der Waals surface area contributed by atoms with Gasteiger partial charge in [-0.1, -0.05) is 27.7 Å². The first-order valence-electron chi connectivity index (χ1n) is 43.7. The lowest BCUT2D eigenvalue weighted by atomic mass is 9.88. The number of carbonyl (C=O) groups is 2. The molecule has 0 aromatic carbocycles. The molecule has 11 rings (SSSR count). The molecule has 0 aromatic heterocycles. The van der Waals surface area contributed by atoms with Gasteiger partial charge in [0.15, 0.2) is 50.3 Å². The van der Waals surface area contributed by atoms with Crippen LogP contribution in [-0.4, -0.2) is 572 Å². The number of aliphatic hydroxyl groups is 30. The van der Waals surface area contributed by atoms with E-state index in [1.807, 2.05) is 0 Å². The normalized spacial score (nSPS) is 50.9. The Morgan fingerprint density at radius 1 is 0.306 bits per heavy atom. The molecule has 21 unspecified atom stereocenters. The summed E-state index contributed by atoms with van der Waals surface area (Å²) in [6, 6.07) is -3.32. The molecular weight excluding hydrogens is 1830 g/mol. The molecule has 0 bridgehead atoms. The lowest BCUT2D eigenvalue weighted by Gasteiger charge is -2.51. The highest BCUT2D eigenvalue weighted by atomic mass is 16.8. The van der Waals surface area contributed by atoms with Gasteiger partial charge in [-0.2, -0.15) is 0 Å². The molecule has 11 aliphatic rings. The van der Waals surface area contributed by atoms with E-state index >= 15 is 0 Å². The molecule has 780 valence electrons. The SMILES string of the molecule is CC1C(O)[C@H](O[C@@H]2OC(CO)[C@H](O)C(O[C@]3(C(=O)O)C[C@@H](O)[C@@H](N)C([C@H](O)[C@H](O)CO)O3)[C@@H]2O)[C@H](CO)O[C@H]1O[C@@H]1C(O)[C@H](O)C(CO)O[C@@H]1OCC1O[C@@H](O[C@@H]2C(CO)O[C@@H](O[C@@H]3C(CO)O[C@@H](C)[C@@H](C)C3O)[C@@H](C)C2O)C(O)C(O[C@H]2O[C@H](CO)[C@@H](O)C(O)C2O[C@@H]2OC(CO)[C@@H](O[C@@H]3OC(CO)[C@H](O)C(O[C@]4(C(=O)O)C[C@@H](O)[C@@H](N)C([C@H](O)[C@H](O)CO)O4)[C@@H]3O)C(O)[C@@H]2C)[C@@H]1O. The van der Waals surface area contributed by atoms with Gasteiger partial charge in [-0.3, -0.25) is 0 Å². The minimum atomic E-state index is -3.18. The Bertz CT molecular complexity index is 3610. The predicted octanol–water partition coefficient (Wildman–Crippen LogP) is -20.5. The topological polar surface area (TPSA) is 927 Å². The minimum Gasteiger partial charge on any atom is -0.477 e. The van der Waals surface area contributed by atoms with Crippen LogP contribution in [0.25, 0.3) is 0 Å². The number of aliphatic carboxylic acids is 2. The van der Waals surface area contributed by atoms with Gasteiger partial charge in [-0.15, -0.1) is 0 Å². The Morgan fingerprint density at radius 2 is 0.575 bits per heavy atom. The fourth-order valence-electron chi connectivity index (χ4n) is 18.2. The van der Waals surface area contributed by atoms with Gasteiger partial charge in [0.2, 0.25) is 0 Å². The number of hydrogen-bond donors (Lipinski definition) is 34. The van der Waals surface area contributed by atoms with Gasteiger partial charge < -0.3 is 274 Å². The van der Waals surface area contributed by atoms with Gasteiger partial charge in [0.1, 0.15) is 208 Å². The Balaban J connectivity index is 0.849. The smallest absolute Gasteiger partial charge is 0.364 e. The first kappa shape index (κ1) is 111. The number of carboxylic acid groups (broad SMARTS) is 2. The van der Waals surface area contributed by atoms with Crippen LogP contribution >= 0.6 is 0 Å². The lowest BCUT2D eigenvalue weighted by molar-refractivity contribution is -0.404. The predicted molar refractivity (Wildman–Crippen MR) is 417 cm³/mol. The van der Waals surface area contributed by atoms with E-state index in [1.165, 1.54) is 20.8 Å². The van der Waals surface area contributed by atoms with Crippen LogP contribution in [0.3, 0.4) is 0 Å². The minimum absolute atomic E-state index is 0.588. The number of nitrogens with two attached hydrogens (primary N) is 2. The van der Waals surface area contributed by atoms with E-state index in [9.17, 15) is 173 Å². The summed E-state index contributed by atoms with van der Waals surface area (Å²) in [4.78, 5) is 26.2. The van der Waals surface area contributed by atoms with Crippen LogP contribution in [0.15, 0.2) is 0 Å². The number of carboxylic acids is 2. The molecule has 57 atom stereocenters. The van der Waals surface area contributed by atoms with Crippen LogP contribution in [0, 0.1) is 23.7 Å². The second-order valence-electron chi connectivity index (χ2n) is 35.7. The molecule has 11 saturated heterocycles. The largest absolute Gasteiger partial charge is 0.477 e. The molecule has 0 saturated carbocycles. The van der Waals surface area contributed by atoms with E-state index in [0.29, 0.717) is 0 Å². The monoisotopic (exact) mass is 1960 g/mol. The Kier molecular flexibility index (Phi) is 39.1. The van der Waals surface area contributed by atoms with E-state index in [-0.39, 0.29) is 0 Å². The Labute approximate surface area is 761 Å². The highest BCUT2D eigenvalue weighted by Crippen LogP contribution is 2.46. The Morgan fingerprint density at radius 3 is 0.918 bits per heavy atom. The third-order valence-electron chi connectivity index (χ3n) is 26.8. The van der Waals surface area contributed by atoms with Crippen LogP contribution in [0.4, 0.5) is 0 Å². The number of hydrogen-bond acceptors (Lipinski definition) is 55. The van der Waals surface area contributed by atoms with Crippen molar-refractivity contribution < 1.29 is 272 Å². The molecule has 36 N–H and O–H groups in total. The molecule has 0 aliphatic carbocycles. The van der Waals surface area contributed by atoms with E-state index < -0.39 is 445 Å². The summed E-state index contributed by atoms with van der Waals surface area (Å²) < 4.78 is 126. The van der Waals surface area contributed by atoms with Crippen LogP contribution < -0.4 is 11.5 Å². The highest BCUT2D eigenvalue weighted by molar-refractivity contribution is 5.76. The third kappa shape index (κ3) is 22.8. The van der Waals surface area contributed by atoms with E-state index in [4.69, 9.17) is 111 Å². The van der Waals surface area contributed by atoms with Crippen LogP contribution in [-0.2, 0) is 109 Å². The van der Waals surface area contributed by atoms with E-state index in [0.717, 1.165) is 0 Å². The summed E-state index contributed by atoms with van der Waals surface area (Å²) in [5, 5.41) is 357. The highest BCUT2D eigenvalue weighted by Gasteiger charge is 2.65. The summed E-state index contributed by atoms with van der Waals surface area (Å²) in [5.41, 5.74) is 12.0. The zero-order valence-electron chi connectivity index (χ0n) is 72.8. The standard InChI is InChI=1S/C77H132N2O55/c1-19-23(5)115-32(14-86)55(39(19)94)124-66-20(2)40(95)56(33(15-87)120-66)125-69-52(107)61(128-73-65(51(106)46(101)29(11-83)119-73)130-68-22(4)42(97)58(35(17-89)122-68)127-71-54(109)63(48(103)31(13-85)117-71)134-77(75(112)113)7-25(91)38(79)60(132-77)44(99)27(93)9-81)49(104)36(123-69)18-114-72-64(50(105)45(100)28(10-82)118-72)129-67-21(3)41(96)57(34(16-88)121-67)126-70-53(108)62(47(102)30(12-84)116-70)133-76(74(110)111)6-24(90)37(78)59(131-76)43(98)26(92)8-80/h19-73,80-109H,6-18,78-79H2,1-5H3,(H,110,111)(H,112,113)/t19-,20+,21?,22+,23+,24-,25-,26-,27-,28?,29-,30?,31?,32?,33?,34+,35?,36?,37-,38-,39?,40?,41?,42?,43-,44-,45-,46-,47+,48+,49-,50?,51?,52?,53+,54+,55-,56-,57-,58-,59?,60?,61?,62?,63?,64-,65?,66+,67+,68+,69+,70+,71+,72+,73-,76+,77+/m1/s1. The van der Waals surface area contributed by atoms with Crippen molar-refractivity contribution in [3.05, 3.63) is 0 Å². The number of aliphatic hydroxyl groups excluding tert-OH is 30. The molecule has 57 nitrogen and oxygen atoms in total. The van der Waals surface area contributed by atoms with Gasteiger partial charge >= 0.3 is 11.9 Å². The van der Waals surface area contributed by atoms with Crippen molar-refractivity contribution in [3.63, 3.8) is 0 Å². The lowest BCUT2D eigenvalue weighted by Crippen LogP contribution is -2.70. The number of rotatable bonds is 37. The second kappa shape index (κ2) is 47.1. The van der Waals surface area contributed by atoms with Gasteiger partial charge in [0.25, 0.3) is 11.6 Å². The molecule has 0 spiro atoms. The van der Waals surface area contributed by atoms with E-state index in [2.05, 4.69) is 0 Å². The molecule has 11 fully saturated rings. The maximum Gasteiger partial charge on any atom is 0.364 e. The number of ether oxygens (including phenoxy) is 21. The summed E-state index contributed by atoms with van der Waals surface area (Å²) in [6.45, 7) is -4.92. The molecule has 57 heteroatoms. The van der Waals surface area contributed by atoms with Crippen LogP contribution in [0.5, 0.6) is 0 Å². The molecular formula is C77H132N2O55. The van der Waals surface area contributed by atoms with Crippen molar-refractivity contribution in [2.24, 2.45) is 35.1 Å². The summed E-state index contributed by atoms with van der Waals surface area (Å²) in [5.74, 6) is -15.4. The first-order valence-corrected chi connectivity index (χ1v) is 43.7. The molecule has 11 heterocycles. The van der Waals surface area contributed by atoms with Crippen molar-refractivity contribution in [2.45, 2.75) is 372 Å². The summed E-state index contributed by atoms with van der Waals surface area (Å²) in [7, 11) is 0. The average Bonchev–Trinajstić information content (AvgIpc) is 0.755. The van der Waals surface area contributed by atoms with Gasteiger partial charge in [-0.25, -0.2) is 9.59 Å². The quantitative estimate of drug-likeness (QED) is 0.0275. The van der Waals surface area contributed by atoms with Gasteiger partial charge in [0, 0.05) is 36.5 Å². The molecule has 134 heavy (non-hydrogen) atoms. The Hall–Kier alpha value is -3.18. The third-order valence-corrected chi connectivity index (χ3v) is 26.8. The van der Waals surface area contributed by atoms with Crippen LogP contribution in [0.2, 0.25) is 0 Å². The zero-order chi connectivity index (χ0) is 99.0. The summed E-state index contributed by atoms with van der Waals surface area (Å²) in [6.07, 6.45) is -101. The van der Waals surface area contributed by atoms with Crippen molar-refractivity contribution in [1.82, 2.24) is 0 Å². The fraction of sp³-hybridized carbons (Fsp3) is 0.974. The zero-order valence-corrected chi connectivity index (χ0v) is 72.8. The summed E-state index contributed by atoms with van der Waals surface area (Å²) >= 11 is 0. The van der Waals surface area contributed by atoms with Crippen molar-refractivity contribution in [3.8, 4) is 0 Å². The maximum atomic E-state index is 13.1. The molecule has 0 amide bonds. The molecule has 11 aliphatic heterocycles. The molecule has 0 radical (unpaired) electrons. The van der Waals surface area contributed by atoms with Crippen molar-refractivity contribution >= 4 is 11.9 Å². The van der Waals surface area contributed by atoms with E-state index in [1.54, 1.807) is 13.8 Å². The fourth-order valence-corrected chi connectivity index (χ4v) is 18.2. The van der Waals surface area contributed by atoms with Gasteiger partial charge in [-0.05, 0) is 6.92 Å².